The van der Waals surface area contributed by atoms with Crippen LogP contribution in [0.4, 0.5) is 0 Å². The van der Waals surface area contributed by atoms with Gasteiger partial charge in [-0.25, -0.2) is 0 Å². The summed E-state index contributed by atoms with van der Waals surface area (Å²) in [6.45, 7) is 6.76. The van der Waals surface area contributed by atoms with Crippen LogP contribution in [0.2, 0.25) is 0 Å². The molecule has 0 radical (unpaired) electrons. The van der Waals surface area contributed by atoms with Gasteiger partial charge < -0.3 is 9.13 Å². The summed E-state index contributed by atoms with van der Waals surface area (Å²) in [5.41, 5.74) is 11.7. The van der Waals surface area contributed by atoms with Gasteiger partial charge in [-0.1, -0.05) is 88.3 Å². The molecule has 46 heavy (non-hydrogen) atoms. The van der Waals surface area contributed by atoms with Crippen LogP contribution < -0.4 is 0 Å². The number of rotatable bonds is 12. The number of halogens is 1. The Kier molecular flexibility index (Phi) is 9.22. The molecule has 2 heterocycles. The fraction of sp³-hybridized carbons (Fsp3) is 0.302. The Balaban J connectivity index is 1.39. The first-order valence-corrected chi connectivity index (χ1v) is 18.5. The molecule has 7 rings (SSSR count). The van der Waals surface area contributed by atoms with Crippen molar-refractivity contribution in [3.05, 3.63) is 117 Å². The predicted octanol–water partition coefficient (Wildman–Crippen LogP) is 13.0. The molecule has 0 unspecified atom stereocenters. The Morgan fingerprint density at radius 3 is 1.46 bits per heavy atom. The van der Waals surface area contributed by atoms with Crippen LogP contribution in [0.5, 0.6) is 0 Å². The summed E-state index contributed by atoms with van der Waals surface area (Å²) in [6, 6.07) is 37.4. The number of hydrogen-bond acceptors (Lipinski definition) is 0. The predicted molar refractivity (Wildman–Crippen MR) is 208 cm³/mol. The largest absolute Gasteiger partial charge is 0.309 e. The van der Waals surface area contributed by atoms with Gasteiger partial charge in [0.1, 0.15) is 0 Å². The zero-order chi connectivity index (χ0) is 31.6. The van der Waals surface area contributed by atoms with Crippen molar-refractivity contribution in [1.82, 2.24) is 9.13 Å². The standard InChI is InChI=1S/C43H45IN2/c1-4-6-8-10-12-31-15-20-34(21-16-31)45-40-24-14-30(3)26-36(40)38-28-39-37-27-33(44)19-25-41(37)46(43(39)29-42(38)45)35-22-17-32(18-23-35)13-11-9-7-5-2/h14-29H,4-13H2,1-3H3. The van der Waals surface area contributed by atoms with Crippen molar-refractivity contribution in [2.45, 2.75) is 85.0 Å². The second-order valence-electron chi connectivity index (χ2n) is 13.2. The van der Waals surface area contributed by atoms with Crippen molar-refractivity contribution >= 4 is 66.2 Å². The topological polar surface area (TPSA) is 9.86 Å². The lowest BCUT2D eigenvalue weighted by Crippen LogP contribution is -1.97. The lowest BCUT2D eigenvalue weighted by Gasteiger charge is -2.11. The van der Waals surface area contributed by atoms with Gasteiger partial charge in [0.15, 0.2) is 0 Å². The molecule has 5 aromatic carbocycles. The van der Waals surface area contributed by atoms with E-state index in [1.165, 1.54) is 127 Å². The lowest BCUT2D eigenvalue weighted by molar-refractivity contribution is 0.667. The quantitative estimate of drug-likeness (QED) is 0.0880. The van der Waals surface area contributed by atoms with Gasteiger partial charge in [0.2, 0.25) is 0 Å². The molecule has 3 heteroatoms. The molecule has 0 amide bonds. The minimum Gasteiger partial charge on any atom is -0.309 e. The summed E-state index contributed by atoms with van der Waals surface area (Å²) in [7, 11) is 0. The molecule has 0 fully saturated rings. The van der Waals surface area contributed by atoms with Crippen molar-refractivity contribution < 1.29 is 0 Å². The van der Waals surface area contributed by atoms with Gasteiger partial charge in [0.05, 0.1) is 22.1 Å². The highest BCUT2D eigenvalue weighted by Crippen LogP contribution is 2.40. The highest BCUT2D eigenvalue weighted by atomic mass is 127. The van der Waals surface area contributed by atoms with E-state index in [9.17, 15) is 0 Å². The lowest BCUT2D eigenvalue weighted by atomic mass is 10.1. The van der Waals surface area contributed by atoms with Crippen LogP contribution in [0.15, 0.2) is 97.1 Å². The fourth-order valence-electron chi connectivity index (χ4n) is 7.31. The smallest absolute Gasteiger partial charge is 0.0562 e. The number of unbranched alkanes of at least 4 members (excludes halogenated alkanes) is 6. The van der Waals surface area contributed by atoms with E-state index < -0.39 is 0 Å². The van der Waals surface area contributed by atoms with Crippen LogP contribution in [-0.4, -0.2) is 9.13 Å². The van der Waals surface area contributed by atoms with E-state index in [0.29, 0.717) is 0 Å². The molecule has 234 valence electrons. The van der Waals surface area contributed by atoms with Crippen LogP contribution in [0.1, 0.15) is 81.9 Å². The Bertz CT molecular complexity index is 1980. The molecule has 0 aliphatic carbocycles. The van der Waals surface area contributed by atoms with Gasteiger partial charge in [0.25, 0.3) is 0 Å². The van der Waals surface area contributed by atoms with Gasteiger partial charge in [0, 0.05) is 36.5 Å². The molecule has 0 N–H and O–H groups in total. The average molecular weight is 717 g/mol. The number of aryl methyl sites for hydroxylation is 3. The molecule has 0 aliphatic rings. The van der Waals surface area contributed by atoms with Crippen LogP contribution >= 0.6 is 22.6 Å². The molecule has 0 atom stereocenters. The number of hydrogen-bond donors (Lipinski definition) is 0. The third kappa shape index (κ3) is 5.99. The third-order valence-corrected chi connectivity index (χ3v) is 10.5. The van der Waals surface area contributed by atoms with Crippen molar-refractivity contribution in [3.63, 3.8) is 0 Å². The molecule has 0 aliphatic heterocycles. The van der Waals surface area contributed by atoms with E-state index in [4.69, 9.17) is 0 Å². The Labute approximate surface area is 287 Å². The minimum absolute atomic E-state index is 1.16. The normalized spacial score (nSPS) is 11.9. The molecular formula is C43H45IN2. The summed E-state index contributed by atoms with van der Waals surface area (Å²) < 4.78 is 6.23. The van der Waals surface area contributed by atoms with E-state index in [1.54, 1.807) is 0 Å². The molecular weight excluding hydrogens is 671 g/mol. The maximum absolute atomic E-state index is 2.48. The minimum atomic E-state index is 1.16. The van der Waals surface area contributed by atoms with Crippen LogP contribution in [0.3, 0.4) is 0 Å². The van der Waals surface area contributed by atoms with E-state index >= 15 is 0 Å². The second kappa shape index (κ2) is 13.7. The summed E-state index contributed by atoms with van der Waals surface area (Å²) in [4.78, 5) is 0. The summed E-state index contributed by atoms with van der Waals surface area (Å²) in [5.74, 6) is 0. The van der Waals surface area contributed by atoms with E-state index in [1.807, 2.05) is 0 Å². The summed E-state index contributed by atoms with van der Waals surface area (Å²) >= 11 is 2.46. The van der Waals surface area contributed by atoms with Crippen LogP contribution in [0.25, 0.3) is 55.0 Å². The first kappa shape index (κ1) is 31.1. The zero-order valence-corrected chi connectivity index (χ0v) is 29.7. The van der Waals surface area contributed by atoms with Crippen LogP contribution in [0, 0.1) is 10.5 Å². The van der Waals surface area contributed by atoms with Crippen molar-refractivity contribution in [3.8, 4) is 11.4 Å². The summed E-state index contributed by atoms with van der Waals surface area (Å²) in [5, 5.41) is 5.26. The third-order valence-electron chi connectivity index (χ3n) is 9.80. The highest BCUT2D eigenvalue weighted by Gasteiger charge is 2.19. The second-order valence-corrected chi connectivity index (χ2v) is 14.4. The highest BCUT2D eigenvalue weighted by molar-refractivity contribution is 14.1. The van der Waals surface area contributed by atoms with E-state index in [-0.39, 0.29) is 0 Å². The maximum atomic E-state index is 2.48. The van der Waals surface area contributed by atoms with E-state index in [2.05, 4.69) is 150 Å². The van der Waals surface area contributed by atoms with Crippen molar-refractivity contribution in [1.29, 1.82) is 0 Å². The van der Waals surface area contributed by atoms with Gasteiger partial charge >= 0.3 is 0 Å². The number of benzene rings is 5. The van der Waals surface area contributed by atoms with Crippen LogP contribution in [-0.2, 0) is 12.8 Å². The Morgan fingerprint density at radius 2 is 0.935 bits per heavy atom. The molecule has 0 saturated heterocycles. The SMILES string of the molecule is CCCCCCc1ccc(-n2c3ccc(C)cc3c3cc4c5cc(I)ccc5n(-c5ccc(CCCCCC)cc5)c4cc32)cc1. The molecule has 0 bridgehead atoms. The number of nitrogens with zero attached hydrogens (tertiary/aromatic N) is 2. The van der Waals surface area contributed by atoms with Gasteiger partial charge in [-0.3, -0.25) is 0 Å². The Hall–Kier alpha value is -3.57. The molecule has 2 nitrogen and oxygen atoms in total. The molecule has 2 aromatic heterocycles. The molecule has 0 spiro atoms. The zero-order valence-electron chi connectivity index (χ0n) is 27.6. The van der Waals surface area contributed by atoms with E-state index in [0.717, 1.165) is 12.8 Å². The van der Waals surface area contributed by atoms with Crippen molar-refractivity contribution in [2.24, 2.45) is 0 Å². The van der Waals surface area contributed by atoms with Gasteiger partial charge in [-0.2, -0.15) is 0 Å². The fourth-order valence-corrected chi connectivity index (χ4v) is 7.80. The molecule has 0 saturated carbocycles. The monoisotopic (exact) mass is 716 g/mol. The Morgan fingerprint density at radius 1 is 0.457 bits per heavy atom. The first-order valence-electron chi connectivity index (χ1n) is 17.4. The number of fused-ring (bicyclic) bond motifs is 6. The van der Waals surface area contributed by atoms with Gasteiger partial charge in [-0.15, -0.1) is 0 Å². The average Bonchev–Trinajstić information content (AvgIpc) is 3.56. The first-order chi connectivity index (χ1) is 22.6. The number of aromatic nitrogens is 2. The van der Waals surface area contributed by atoms with Gasteiger partial charge in [-0.05, 0) is 133 Å². The van der Waals surface area contributed by atoms with Crippen molar-refractivity contribution in [2.75, 3.05) is 0 Å². The summed E-state index contributed by atoms with van der Waals surface area (Å²) in [6.07, 6.45) is 12.7. The molecule has 7 aromatic rings. The maximum Gasteiger partial charge on any atom is 0.0562 e.